The first-order valence-corrected chi connectivity index (χ1v) is 4.14. The summed E-state index contributed by atoms with van der Waals surface area (Å²) in [6.45, 7) is 0. The predicted molar refractivity (Wildman–Crippen MR) is 38.3 cm³/mol. The molecule has 0 radical (unpaired) electrons. The lowest BCUT2D eigenvalue weighted by molar-refractivity contribution is -0.147. The molecule has 0 unspecified atom stereocenters. The molecule has 3 nitrogen and oxygen atoms in total. The van der Waals surface area contributed by atoms with Crippen LogP contribution in [0.2, 0.25) is 0 Å². The molecule has 2 aliphatic rings. The molecule has 3 heteroatoms. The summed E-state index contributed by atoms with van der Waals surface area (Å²) in [5, 5.41) is 8.75. The highest BCUT2D eigenvalue weighted by Crippen LogP contribution is 2.35. The van der Waals surface area contributed by atoms with Crippen LogP contribution in [0.5, 0.6) is 0 Å². The number of aliphatic carboxylic acids is 1. The Balaban J connectivity index is 2.02. The second kappa shape index (κ2) is 2.48. The van der Waals surface area contributed by atoms with E-state index in [-0.39, 0.29) is 18.1 Å². The summed E-state index contributed by atoms with van der Waals surface area (Å²) in [5.41, 5.74) is 0. The molecule has 2 bridgehead atoms. The fourth-order valence-corrected chi connectivity index (χ4v) is 2.06. The molecule has 62 valence electrons. The number of carboxylic acid groups (broad SMARTS) is 1. The third-order valence-electron chi connectivity index (χ3n) is 2.64. The summed E-state index contributed by atoms with van der Waals surface area (Å²) in [4.78, 5) is 10.6. The first-order valence-electron chi connectivity index (χ1n) is 4.14. The fourth-order valence-electron chi connectivity index (χ4n) is 2.06. The molecule has 0 amide bonds. The van der Waals surface area contributed by atoms with Crippen LogP contribution in [0.1, 0.15) is 25.7 Å². The molecule has 0 spiro atoms. The number of carbonyl (C=O) groups is 1. The lowest BCUT2D eigenvalue weighted by Gasteiger charge is -2.25. The Kier molecular flexibility index (Phi) is 1.60. The third kappa shape index (κ3) is 1.25. The third-order valence-corrected chi connectivity index (χ3v) is 2.64. The normalized spacial score (nSPS) is 42.4. The molecule has 0 aromatic carbocycles. The molecule has 0 aromatic rings. The van der Waals surface area contributed by atoms with Gasteiger partial charge in [-0.05, 0) is 25.7 Å². The summed E-state index contributed by atoms with van der Waals surface area (Å²) in [5.74, 6) is -0.786. The lowest BCUT2D eigenvalue weighted by atomic mass is 9.96. The minimum Gasteiger partial charge on any atom is -0.481 e. The fraction of sp³-hybridized carbons (Fsp3) is 0.875. The topological polar surface area (TPSA) is 46.5 Å². The van der Waals surface area contributed by atoms with Crippen LogP contribution < -0.4 is 0 Å². The van der Waals surface area contributed by atoms with Gasteiger partial charge < -0.3 is 9.84 Å². The lowest BCUT2D eigenvalue weighted by Crippen LogP contribution is -2.29. The largest absolute Gasteiger partial charge is 0.481 e. The number of hydrogen-bond acceptors (Lipinski definition) is 2. The van der Waals surface area contributed by atoms with Gasteiger partial charge in [0.25, 0.3) is 0 Å². The zero-order valence-electron chi connectivity index (χ0n) is 6.32. The van der Waals surface area contributed by atoms with E-state index in [0.29, 0.717) is 0 Å². The summed E-state index contributed by atoms with van der Waals surface area (Å²) in [6.07, 6.45) is 4.07. The van der Waals surface area contributed by atoms with Gasteiger partial charge in [0.1, 0.15) is 0 Å². The van der Waals surface area contributed by atoms with Gasteiger partial charge in [0.2, 0.25) is 0 Å². The van der Waals surface area contributed by atoms with E-state index in [1.807, 2.05) is 0 Å². The molecule has 2 aliphatic heterocycles. The SMILES string of the molecule is O=C(O)C1C[C@@H]2CC[C@@H](C1)O2. The van der Waals surface area contributed by atoms with Crippen molar-refractivity contribution in [1.82, 2.24) is 0 Å². The molecule has 11 heavy (non-hydrogen) atoms. The van der Waals surface area contributed by atoms with Crippen molar-refractivity contribution in [1.29, 1.82) is 0 Å². The van der Waals surface area contributed by atoms with Crippen LogP contribution in [0, 0.1) is 5.92 Å². The van der Waals surface area contributed by atoms with Gasteiger partial charge in [-0.3, -0.25) is 4.79 Å². The molecule has 2 atom stereocenters. The quantitative estimate of drug-likeness (QED) is 0.616. The predicted octanol–water partition coefficient (Wildman–Crippen LogP) is 1.03. The maximum absolute atomic E-state index is 10.6. The number of hydrogen-bond donors (Lipinski definition) is 1. The van der Waals surface area contributed by atoms with Crippen molar-refractivity contribution in [3.05, 3.63) is 0 Å². The van der Waals surface area contributed by atoms with Crippen molar-refractivity contribution in [2.24, 2.45) is 5.92 Å². The van der Waals surface area contributed by atoms with Crippen LogP contribution in [0.3, 0.4) is 0 Å². The van der Waals surface area contributed by atoms with Crippen molar-refractivity contribution in [3.63, 3.8) is 0 Å². The van der Waals surface area contributed by atoms with E-state index in [0.717, 1.165) is 25.7 Å². The van der Waals surface area contributed by atoms with Gasteiger partial charge >= 0.3 is 5.97 Å². The second-order valence-corrected chi connectivity index (χ2v) is 3.46. The van der Waals surface area contributed by atoms with E-state index in [1.54, 1.807) is 0 Å². The molecule has 0 saturated carbocycles. The van der Waals surface area contributed by atoms with Gasteiger partial charge in [0, 0.05) is 0 Å². The van der Waals surface area contributed by atoms with Crippen molar-refractivity contribution in [3.8, 4) is 0 Å². The Morgan fingerprint density at radius 3 is 2.27 bits per heavy atom. The highest BCUT2D eigenvalue weighted by molar-refractivity contribution is 5.70. The highest BCUT2D eigenvalue weighted by Gasteiger charge is 2.37. The van der Waals surface area contributed by atoms with Crippen LogP contribution >= 0.6 is 0 Å². The molecule has 0 aromatic heterocycles. The average molecular weight is 156 g/mol. The zero-order chi connectivity index (χ0) is 7.84. The number of ether oxygens (including phenoxy) is 1. The minimum atomic E-state index is -0.648. The van der Waals surface area contributed by atoms with Crippen molar-refractivity contribution in [2.45, 2.75) is 37.9 Å². The Morgan fingerprint density at radius 2 is 1.82 bits per heavy atom. The van der Waals surface area contributed by atoms with E-state index in [1.165, 1.54) is 0 Å². The molecular formula is C8H12O3. The monoisotopic (exact) mass is 156 g/mol. The van der Waals surface area contributed by atoms with E-state index in [2.05, 4.69) is 0 Å². The molecular weight excluding hydrogens is 144 g/mol. The van der Waals surface area contributed by atoms with Crippen LogP contribution in [0.15, 0.2) is 0 Å². The van der Waals surface area contributed by atoms with Gasteiger partial charge in [-0.25, -0.2) is 0 Å². The van der Waals surface area contributed by atoms with Crippen molar-refractivity contribution >= 4 is 5.97 Å². The van der Waals surface area contributed by atoms with Gasteiger partial charge in [-0.15, -0.1) is 0 Å². The number of rotatable bonds is 1. The first-order chi connectivity index (χ1) is 5.25. The molecule has 2 heterocycles. The smallest absolute Gasteiger partial charge is 0.306 e. The maximum Gasteiger partial charge on any atom is 0.306 e. The number of fused-ring (bicyclic) bond motifs is 2. The summed E-state index contributed by atoms with van der Waals surface area (Å²) in [7, 11) is 0. The highest BCUT2D eigenvalue weighted by atomic mass is 16.5. The Labute approximate surface area is 65.4 Å². The van der Waals surface area contributed by atoms with Gasteiger partial charge in [0.15, 0.2) is 0 Å². The van der Waals surface area contributed by atoms with Gasteiger partial charge in [-0.2, -0.15) is 0 Å². The Hall–Kier alpha value is -0.570. The molecule has 2 rings (SSSR count). The molecule has 1 N–H and O–H groups in total. The van der Waals surface area contributed by atoms with Crippen molar-refractivity contribution < 1.29 is 14.6 Å². The number of carboxylic acids is 1. The average Bonchev–Trinajstić information content (AvgIpc) is 2.30. The second-order valence-electron chi connectivity index (χ2n) is 3.46. The maximum atomic E-state index is 10.6. The van der Waals surface area contributed by atoms with E-state index >= 15 is 0 Å². The summed E-state index contributed by atoms with van der Waals surface area (Å²) in [6, 6.07) is 0. The summed E-state index contributed by atoms with van der Waals surface area (Å²) < 4.78 is 5.51. The van der Waals surface area contributed by atoms with Crippen LogP contribution in [0.25, 0.3) is 0 Å². The van der Waals surface area contributed by atoms with E-state index < -0.39 is 5.97 Å². The van der Waals surface area contributed by atoms with Crippen LogP contribution in [0.4, 0.5) is 0 Å². The van der Waals surface area contributed by atoms with E-state index in [9.17, 15) is 4.79 Å². The van der Waals surface area contributed by atoms with Crippen LogP contribution in [-0.2, 0) is 9.53 Å². The molecule has 2 saturated heterocycles. The van der Waals surface area contributed by atoms with E-state index in [4.69, 9.17) is 9.84 Å². The minimum absolute atomic E-state index is 0.138. The molecule has 2 fully saturated rings. The first kappa shape index (κ1) is 7.10. The van der Waals surface area contributed by atoms with Crippen molar-refractivity contribution in [2.75, 3.05) is 0 Å². The van der Waals surface area contributed by atoms with Crippen LogP contribution in [-0.4, -0.2) is 23.3 Å². The zero-order valence-corrected chi connectivity index (χ0v) is 6.32. The summed E-state index contributed by atoms with van der Waals surface area (Å²) >= 11 is 0. The van der Waals surface area contributed by atoms with Gasteiger partial charge in [0.05, 0.1) is 18.1 Å². The Morgan fingerprint density at radius 1 is 1.27 bits per heavy atom. The Bertz CT molecular complexity index is 166. The van der Waals surface area contributed by atoms with Gasteiger partial charge in [-0.1, -0.05) is 0 Å². The standard InChI is InChI=1S/C8H12O3/c9-8(10)5-3-6-1-2-7(4-5)11-6/h5-7H,1-4H2,(H,9,10)/t6-,7-/m0/s1. The molecule has 0 aliphatic carbocycles.